The van der Waals surface area contributed by atoms with Gasteiger partial charge in [-0.25, -0.2) is 0 Å². The minimum atomic E-state index is -0.361. The molecule has 6 heteroatoms. The molecule has 0 aliphatic carbocycles. The number of aromatic nitrogens is 1. The molecule has 2 heterocycles. The molecular formula is C11H7N3O2S. The third-order valence-electron chi connectivity index (χ3n) is 2.06. The molecule has 0 radical (unpaired) electrons. The van der Waals surface area contributed by atoms with Crippen molar-refractivity contribution in [2.75, 3.05) is 5.32 Å². The second kappa shape index (κ2) is 4.63. The van der Waals surface area contributed by atoms with Crippen LogP contribution in [-0.2, 0) is 0 Å². The van der Waals surface area contributed by atoms with E-state index in [2.05, 4.69) is 10.3 Å². The van der Waals surface area contributed by atoms with Crippen molar-refractivity contribution in [3.05, 3.63) is 51.3 Å². The van der Waals surface area contributed by atoms with E-state index in [1.54, 1.807) is 11.4 Å². The second-order valence-electron chi connectivity index (χ2n) is 3.17. The molecule has 2 aromatic heterocycles. The molecule has 5 nitrogen and oxygen atoms in total. The maximum Gasteiger partial charge on any atom is 0.257 e. The van der Waals surface area contributed by atoms with Gasteiger partial charge in [0, 0.05) is 12.3 Å². The van der Waals surface area contributed by atoms with Gasteiger partial charge < -0.3 is 10.3 Å². The maximum atomic E-state index is 11.8. The Bertz CT molecular complexity index is 631. The number of rotatable bonds is 2. The van der Waals surface area contributed by atoms with Gasteiger partial charge in [-0.1, -0.05) is 0 Å². The Balaban J connectivity index is 2.20. The standard InChI is InChI=1S/C11H7N3O2S/c12-5-7-3-4-17-11(7)14-10(16)8-1-2-9(15)13-6-8/h1-4,6H,(H,13,15)(H,14,16). The summed E-state index contributed by atoms with van der Waals surface area (Å²) < 4.78 is 0. The molecule has 84 valence electrons. The number of nitriles is 1. The lowest BCUT2D eigenvalue weighted by Gasteiger charge is -2.02. The van der Waals surface area contributed by atoms with Crippen LogP contribution in [0.2, 0.25) is 0 Å². The number of thiophene rings is 1. The van der Waals surface area contributed by atoms with E-state index in [4.69, 9.17) is 5.26 Å². The van der Waals surface area contributed by atoms with E-state index in [1.165, 1.54) is 29.7 Å². The van der Waals surface area contributed by atoms with Gasteiger partial charge in [-0.3, -0.25) is 9.59 Å². The number of carbonyl (C=O) groups excluding carboxylic acids is 1. The van der Waals surface area contributed by atoms with Crippen molar-refractivity contribution in [3.63, 3.8) is 0 Å². The first-order valence-electron chi connectivity index (χ1n) is 4.68. The highest BCUT2D eigenvalue weighted by atomic mass is 32.1. The van der Waals surface area contributed by atoms with Crippen LogP contribution in [0.15, 0.2) is 34.6 Å². The quantitative estimate of drug-likeness (QED) is 0.841. The fourth-order valence-corrected chi connectivity index (χ4v) is 1.95. The summed E-state index contributed by atoms with van der Waals surface area (Å²) in [6, 6.07) is 6.31. The molecule has 0 aliphatic rings. The summed E-state index contributed by atoms with van der Waals surface area (Å²) in [5.74, 6) is -0.361. The molecule has 0 saturated heterocycles. The maximum absolute atomic E-state index is 11.8. The largest absolute Gasteiger partial charge is 0.328 e. The van der Waals surface area contributed by atoms with E-state index in [1.807, 2.05) is 6.07 Å². The van der Waals surface area contributed by atoms with Crippen LogP contribution in [0.3, 0.4) is 0 Å². The van der Waals surface area contributed by atoms with E-state index < -0.39 is 0 Å². The van der Waals surface area contributed by atoms with Crippen molar-refractivity contribution < 1.29 is 4.79 Å². The van der Waals surface area contributed by atoms with Crippen LogP contribution in [0.4, 0.5) is 5.00 Å². The van der Waals surface area contributed by atoms with Gasteiger partial charge in [0.15, 0.2) is 0 Å². The van der Waals surface area contributed by atoms with Crippen molar-refractivity contribution in [3.8, 4) is 6.07 Å². The predicted molar refractivity (Wildman–Crippen MR) is 64.0 cm³/mol. The average Bonchev–Trinajstić information content (AvgIpc) is 2.77. The first-order valence-corrected chi connectivity index (χ1v) is 5.56. The number of pyridine rings is 1. The summed E-state index contributed by atoms with van der Waals surface area (Å²) in [6.45, 7) is 0. The minimum Gasteiger partial charge on any atom is -0.328 e. The monoisotopic (exact) mass is 245 g/mol. The van der Waals surface area contributed by atoms with Crippen LogP contribution in [0.1, 0.15) is 15.9 Å². The van der Waals surface area contributed by atoms with Gasteiger partial charge in [-0.2, -0.15) is 5.26 Å². The summed E-state index contributed by atoms with van der Waals surface area (Å²) in [4.78, 5) is 25.0. The zero-order valence-corrected chi connectivity index (χ0v) is 9.38. The fourth-order valence-electron chi connectivity index (χ4n) is 1.22. The molecule has 0 atom stereocenters. The topological polar surface area (TPSA) is 85.8 Å². The molecule has 0 aromatic carbocycles. The van der Waals surface area contributed by atoms with Crippen molar-refractivity contribution >= 4 is 22.2 Å². The second-order valence-corrected chi connectivity index (χ2v) is 4.09. The Morgan fingerprint density at radius 2 is 2.24 bits per heavy atom. The third kappa shape index (κ3) is 2.41. The molecule has 2 N–H and O–H groups in total. The smallest absolute Gasteiger partial charge is 0.257 e. The lowest BCUT2D eigenvalue weighted by molar-refractivity contribution is 0.102. The van der Waals surface area contributed by atoms with Crippen LogP contribution in [0, 0.1) is 11.3 Å². The number of H-pyrrole nitrogens is 1. The summed E-state index contributed by atoms with van der Waals surface area (Å²) in [6.07, 6.45) is 1.33. The molecule has 0 saturated carbocycles. The van der Waals surface area contributed by atoms with E-state index in [0.29, 0.717) is 16.1 Å². The van der Waals surface area contributed by atoms with Gasteiger partial charge in [0.1, 0.15) is 11.1 Å². The number of nitrogens with one attached hydrogen (secondary N) is 2. The Labute approximate surface area is 100 Å². The Hall–Kier alpha value is -2.39. The van der Waals surface area contributed by atoms with E-state index in [-0.39, 0.29) is 11.5 Å². The van der Waals surface area contributed by atoms with E-state index in [9.17, 15) is 9.59 Å². The van der Waals surface area contributed by atoms with E-state index >= 15 is 0 Å². The lowest BCUT2D eigenvalue weighted by Crippen LogP contribution is -2.14. The van der Waals surface area contributed by atoms with Gasteiger partial charge >= 0.3 is 0 Å². The molecule has 2 rings (SSSR count). The van der Waals surface area contributed by atoms with Crippen LogP contribution >= 0.6 is 11.3 Å². The molecule has 17 heavy (non-hydrogen) atoms. The minimum absolute atomic E-state index is 0.268. The molecule has 0 fully saturated rings. The molecule has 2 aromatic rings. The lowest BCUT2D eigenvalue weighted by atomic mass is 10.2. The molecule has 0 unspecified atom stereocenters. The normalized spacial score (nSPS) is 9.59. The zero-order valence-electron chi connectivity index (χ0n) is 8.56. The Morgan fingerprint density at radius 1 is 1.41 bits per heavy atom. The van der Waals surface area contributed by atoms with Crippen molar-refractivity contribution in [1.29, 1.82) is 5.26 Å². The van der Waals surface area contributed by atoms with Crippen molar-refractivity contribution in [2.45, 2.75) is 0 Å². The third-order valence-corrected chi connectivity index (χ3v) is 2.89. The van der Waals surface area contributed by atoms with Gasteiger partial charge in [0.25, 0.3) is 5.91 Å². The number of hydrogen-bond acceptors (Lipinski definition) is 4. The van der Waals surface area contributed by atoms with E-state index in [0.717, 1.165) is 0 Å². The fraction of sp³-hybridized carbons (Fsp3) is 0. The Kier molecular flexibility index (Phi) is 3.03. The summed E-state index contributed by atoms with van der Waals surface area (Å²) in [5, 5.41) is 13.6. The average molecular weight is 245 g/mol. The van der Waals surface area contributed by atoms with Crippen LogP contribution in [-0.4, -0.2) is 10.9 Å². The first kappa shape index (κ1) is 11.1. The number of anilines is 1. The summed E-state index contributed by atoms with van der Waals surface area (Å²) in [5.41, 5.74) is 0.491. The highest BCUT2D eigenvalue weighted by Gasteiger charge is 2.09. The number of amides is 1. The summed E-state index contributed by atoms with van der Waals surface area (Å²) >= 11 is 1.27. The van der Waals surface area contributed by atoms with Gasteiger partial charge in [-0.15, -0.1) is 11.3 Å². The summed E-state index contributed by atoms with van der Waals surface area (Å²) in [7, 11) is 0. The Morgan fingerprint density at radius 3 is 2.88 bits per heavy atom. The van der Waals surface area contributed by atoms with Crippen molar-refractivity contribution in [2.24, 2.45) is 0 Å². The number of hydrogen-bond donors (Lipinski definition) is 2. The van der Waals surface area contributed by atoms with Crippen LogP contribution in [0.5, 0.6) is 0 Å². The molecule has 1 amide bonds. The molecular weight excluding hydrogens is 238 g/mol. The number of aromatic amines is 1. The van der Waals surface area contributed by atoms with Crippen LogP contribution < -0.4 is 10.9 Å². The zero-order chi connectivity index (χ0) is 12.3. The van der Waals surface area contributed by atoms with Gasteiger partial charge in [0.05, 0.1) is 11.1 Å². The molecule has 0 bridgehead atoms. The molecule has 0 spiro atoms. The highest BCUT2D eigenvalue weighted by molar-refractivity contribution is 7.14. The highest BCUT2D eigenvalue weighted by Crippen LogP contribution is 2.22. The SMILES string of the molecule is N#Cc1ccsc1NC(=O)c1ccc(=O)[nH]c1. The van der Waals surface area contributed by atoms with Gasteiger partial charge in [-0.05, 0) is 17.5 Å². The van der Waals surface area contributed by atoms with Gasteiger partial charge in [0.2, 0.25) is 5.56 Å². The number of carbonyl (C=O) groups is 1. The number of nitrogens with zero attached hydrogens (tertiary/aromatic N) is 1. The van der Waals surface area contributed by atoms with Crippen LogP contribution in [0.25, 0.3) is 0 Å². The molecule has 0 aliphatic heterocycles. The predicted octanol–water partition coefficient (Wildman–Crippen LogP) is 1.56. The first-order chi connectivity index (χ1) is 8.20. The van der Waals surface area contributed by atoms with Crippen molar-refractivity contribution in [1.82, 2.24) is 4.98 Å².